The second-order valence-electron chi connectivity index (χ2n) is 15.5. The van der Waals surface area contributed by atoms with Crippen molar-refractivity contribution in [1.29, 1.82) is 0 Å². The maximum Gasteiger partial charge on any atom is 0.417 e. The van der Waals surface area contributed by atoms with E-state index < -0.39 is 75.4 Å². The number of carbonyl (C=O) groups excluding carboxylic acids is 4. The highest BCUT2D eigenvalue weighted by molar-refractivity contribution is 9.10. The molecule has 17 heteroatoms. The average Bonchev–Trinajstić information content (AvgIpc) is 3.63. The Labute approximate surface area is 370 Å². The van der Waals surface area contributed by atoms with E-state index in [0.717, 1.165) is 16.4 Å². The number of carbonyl (C=O) groups is 4. The SMILES string of the molecule is COc1cc([C@H]2C3=CC[C@@H]4C(=O)N(c5ccc(Nc6ccccc6)cc5)C(=O)[C@@H]4[C@@H]3C[C@H]3C(=O)N(Nc4ncc(C(F)(F)F)cc4Cl)C(=O)[C@@]23c2ccc(Cl)cc2)cc(Br)c1O. The van der Waals surface area contributed by atoms with E-state index >= 15 is 9.59 Å². The summed E-state index contributed by atoms with van der Waals surface area (Å²) in [5.41, 5.74) is 3.05. The van der Waals surface area contributed by atoms with Crippen molar-refractivity contribution in [3.05, 3.63) is 146 Å². The lowest BCUT2D eigenvalue weighted by molar-refractivity contribution is -0.139. The van der Waals surface area contributed by atoms with Crippen molar-refractivity contribution in [1.82, 2.24) is 9.99 Å². The second-order valence-corrected chi connectivity index (χ2v) is 17.2. The maximum absolute atomic E-state index is 15.5. The molecule has 2 saturated heterocycles. The summed E-state index contributed by atoms with van der Waals surface area (Å²) in [6, 6.07) is 26.6. The normalized spacial score (nSPS) is 24.4. The van der Waals surface area contributed by atoms with Crippen LogP contribution in [0.2, 0.25) is 10.0 Å². The Morgan fingerprint density at radius 2 is 1.58 bits per heavy atom. The number of aromatic hydroxyl groups is 1. The van der Waals surface area contributed by atoms with Gasteiger partial charge in [-0.05, 0) is 113 Å². The number of imide groups is 2. The van der Waals surface area contributed by atoms with Crippen LogP contribution in [0.15, 0.2) is 119 Å². The summed E-state index contributed by atoms with van der Waals surface area (Å²) in [6.45, 7) is 0. The molecule has 9 rings (SSSR count). The summed E-state index contributed by atoms with van der Waals surface area (Å²) < 4.78 is 46.5. The number of fused-ring (bicyclic) bond motifs is 4. The highest BCUT2D eigenvalue weighted by atomic mass is 79.9. The molecule has 62 heavy (non-hydrogen) atoms. The largest absolute Gasteiger partial charge is 0.503 e. The van der Waals surface area contributed by atoms with Gasteiger partial charge in [-0.2, -0.15) is 18.2 Å². The molecular weight excluding hydrogens is 914 g/mol. The van der Waals surface area contributed by atoms with E-state index in [9.17, 15) is 27.9 Å². The number of nitrogens with zero attached hydrogens (tertiary/aromatic N) is 3. The topological polar surface area (TPSA) is 141 Å². The van der Waals surface area contributed by atoms with Gasteiger partial charge in [0.15, 0.2) is 17.3 Å². The zero-order valence-electron chi connectivity index (χ0n) is 32.3. The number of methoxy groups -OCH3 is 1. The number of alkyl halides is 3. The van der Waals surface area contributed by atoms with Crippen molar-refractivity contribution in [2.45, 2.75) is 30.4 Å². The fourth-order valence-corrected chi connectivity index (χ4v) is 10.5. The van der Waals surface area contributed by atoms with Crippen molar-refractivity contribution in [2.75, 3.05) is 22.8 Å². The van der Waals surface area contributed by atoms with Crippen LogP contribution in [-0.2, 0) is 30.8 Å². The molecule has 4 amide bonds. The van der Waals surface area contributed by atoms with Crippen LogP contribution in [0.3, 0.4) is 0 Å². The van der Waals surface area contributed by atoms with Gasteiger partial charge < -0.3 is 15.2 Å². The number of phenolic OH excluding ortho intramolecular Hbond substituents is 1. The number of hydrazine groups is 1. The van der Waals surface area contributed by atoms with E-state index in [1.54, 1.807) is 60.7 Å². The molecule has 6 atom stereocenters. The first-order valence-corrected chi connectivity index (χ1v) is 20.9. The van der Waals surface area contributed by atoms with Crippen LogP contribution < -0.4 is 20.4 Å². The molecule has 4 aliphatic rings. The molecule has 3 fully saturated rings. The van der Waals surface area contributed by atoms with Gasteiger partial charge in [-0.1, -0.05) is 65.2 Å². The Bertz CT molecular complexity index is 2710. The highest BCUT2D eigenvalue weighted by Crippen LogP contribution is 2.65. The number of hydrogen-bond donors (Lipinski definition) is 3. The summed E-state index contributed by atoms with van der Waals surface area (Å²) in [7, 11) is 1.36. The molecule has 5 aromatic rings. The molecule has 0 unspecified atom stereocenters. The van der Waals surface area contributed by atoms with Gasteiger partial charge in [0.1, 0.15) is 0 Å². The maximum atomic E-state index is 15.5. The number of rotatable bonds is 8. The van der Waals surface area contributed by atoms with Crippen molar-refractivity contribution >= 4 is 85.6 Å². The standard InChI is InChI=1S/C45H33BrCl2F3N5O6/c1-62-35-18-22(17-33(46)38(35)57)37-29-15-16-30-36(42(60)55(40(30)58)28-13-11-27(12-14-28)53-26-5-3-2-4-6-26)31(29)20-32-41(59)56(43(61)44(32,37)23-7-9-25(47)10-8-23)54-39-34(48)19-24(21-52-39)45(49,50)51/h2-15,17-19,21,30-32,36-37,53,57H,16,20H2,1H3,(H,52,54)/t30-,31+,32-,36-,37-,44+/m0/s1. The second kappa shape index (κ2) is 15.5. The lowest BCUT2D eigenvalue weighted by atomic mass is 9.49. The summed E-state index contributed by atoms with van der Waals surface area (Å²) in [5.74, 6) is -7.75. The highest BCUT2D eigenvalue weighted by Gasteiger charge is 2.70. The van der Waals surface area contributed by atoms with Gasteiger partial charge in [-0.25, -0.2) is 4.98 Å². The average molecular weight is 948 g/mol. The molecule has 0 spiro atoms. The van der Waals surface area contributed by atoms with E-state index in [1.807, 2.05) is 36.4 Å². The predicted octanol–water partition coefficient (Wildman–Crippen LogP) is 9.82. The number of allylic oxidation sites excluding steroid dienone is 2. The lowest BCUT2D eigenvalue weighted by Gasteiger charge is -2.50. The van der Waals surface area contributed by atoms with E-state index in [2.05, 4.69) is 31.7 Å². The minimum atomic E-state index is -4.77. The molecule has 316 valence electrons. The fraction of sp³-hybridized carbons (Fsp3) is 0.222. The Kier molecular flexibility index (Phi) is 10.3. The van der Waals surface area contributed by atoms with Gasteiger partial charge in [0.25, 0.3) is 11.8 Å². The summed E-state index contributed by atoms with van der Waals surface area (Å²) in [4.78, 5) is 64.7. The van der Waals surface area contributed by atoms with E-state index in [4.69, 9.17) is 27.9 Å². The number of amides is 4. The summed E-state index contributed by atoms with van der Waals surface area (Å²) in [6.07, 6.45) is -2.32. The number of benzene rings is 4. The minimum absolute atomic E-state index is 0.0459. The molecule has 1 aromatic heterocycles. The molecule has 2 aliphatic heterocycles. The number of phenols is 1. The number of ether oxygens (including phenoxy) is 1. The third kappa shape index (κ3) is 6.59. The van der Waals surface area contributed by atoms with Crippen LogP contribution in [0.5, 0.6) is 11.5 Å². The molecule has 3 heterocycles. The fourth-order valence-electron chi connectivity index (χ4n) is 9.71. The van der Waals surface area contributed by atoms with Crippen molar-refractivity contribution in [2.24, 2.45) is 23.7 Å². The van der Waals surface area contributed by atoms with E-state index in [-0.39, 0.29) is 34.6 Å². The van der Waals surface area contributed by atoms with E-state index in [1.165, 1.54) is 12.0 Å². The van der Waals surface area contributed by atoms with Gasteiger partial charge in [0, 0.05) is 28.5 Å². The molecule has 2 aliphatic carbocycles. The quantitative estimate of drug-likeness (QED) is 0.102. The Hall–Kier alpha value is -5.90. The molecule has 0 radical (unpaired) electrons. The van der Waals surface area contributed by atoms with Gasteiger partial charge >= 0.3 is 6.18 Å². The molecule has 4 aromatic carbocycles. The molecule has 11 nitrogen and oxygen atoms in total. The summed E-state index contributed by atoms with van der Waals surface area (Å²) in [5, 5.41) is 14.8. The van der Waals surface area contributed by atoms with Crippen LogP contribution in [0.25, 0.3) is 0 Å². The smallest absolute Gasteiger partial charge is 0.417 e. The van der Waals surface area contributed by atoms with Crippen molar-refractivity contribution in [3.63, 3.8) is 0 Å². The number of nitrogens with one attached hydrogen (secondary N) is 2. The van der Waals surface area contributed by atoms with Gasteiger partial charge in [-0.15, -0.1) is 0 Å². The zero-order chi connectivity index (χ0) is 43.8. The molecule has 0 bridgehead atoms. The van der Waals surface area contributed by atoms with Crippen molar-refractivity contribution < 1.29 is 42.2 Å². The Morgan fingerprint density at radius 3 is 2.24 bits per heavy atom. The summed E-state index contributed by atoms with van der Waals surface area (Å²) >= 11 is 16.1. The van der Waals surface area contributed by atoms with Crippen LogP contribution in [0, 0.1) is 23.7 Å². The van der Waals surface area contributed by atoms with Crippen LogP contribution >= 0.6 is 39.1 Å². The van der Waals surface area contributed by atoms with Crippen LogP contribution in [-0.4, -0.2) is 45.8 Å². The number of aromatic nitrogens is 1. The Morgan fingerprint density at radius 1 is 0.887 bits per heavy atom. The number of halogens is 6. The predicted molar refractivity (Wildman–Crippen MR) is 228 cm³/mol. The third-order valence-corrected chi connectivity index (χ3v) is 13.5. The monoisotopic (exact) mass is 945 g/mol. The van der Waals surface area contributed by atoms with E-state index in [0.29, 0.717) is 39.7 Å². The minimum Gasteiger partial charge on any atom is -0.503 e. The van der Waals surface area contributed by atoms with Gasteiger partial charge in [-0.3, -0.25) is 29.5 Å². The molecule has 1 saturated carbocycles. The first-order valence-electron chi connectivity index (χ1n) is 19.3. The van der Waals surface area contributed by atoms with Gasteiger partial charge in [0.05, 0.1) is 51.0 Å². The van der Waals surface area contributed by atoms with Crippen molar-refractivity contribution in [3.8, 4) is 11.5 Å². The number of anilines is 4. The first kappa shape index (κ1) is 41.5. The molecule has 3 N–H and O–H groups in total. The number of para-hydroxylation sites is 1. The zero-order valence-corrected chi connectivity index (χ0v) is 35.4. The van der Waals surface area contributed by atoms with Crippen LogP contribution in [0.1, 0.15) is 35.4 Å². The van der Waals surface area contributed by atoms with Gasteiger partial charge in [0.2, 0.25) is 11.8 Å². The number of hydrogen-bond acceptors (Lipinski definition) is 9. The molecular formula is C45H33BrCl2F3N5O6. The first-order chi connectivity index (χ1) is 29.6. The Balaban J connectivity index is 1.17. The van der Waals surface area contributed by atoms with Crippen LogP contribution in [0.4, 0.5) is 36.1 Å². The third-order valence-electron chi connectivity index (χ3n) is 12.3. The lowest BCUT2D eigenvalue weighted by Crippen LogP contribution is -2.53. The number of pyridine rings is 1.